The van der Waals surface area contributed by atoms with Gasteiger partial charge in [-0.2, -0.15) is 0 Å². The molecule has 0 aliphatic carbocycles. The zero-order valence-corrected chi connectivity index (χ0v) is 10.8. The third-order valence-electron chi connectivity index (χ3n) is 3.07. The van der Waals surface area contributed by atoms with Crippen molar-refractivity contribution in [1.82, 2.24) is 9.80 Å². The van der Waals surface area contributed by atoms with Crippen LogP contribution in [0.1, 0.15) is 32.6 Å². The highest BCUT2D eigenvalue weighted by atomic mass is 16.3. The van der Waals surface area contributed by atoms with E-state index in [0.717, 1.165) is 12.8 Å². The molecule has 0 bridgehead atoms. The summed E-state index contributed by atoms with van der Waals surface area (Å²) in [7, 11) is 3.41. The Morgan fingerprint density at radius 1 is 1.47 bits per heavy atom. The van der Waals surface area contributed by atoms with Crippen LogP contribution in [0.2, 0.25) is 0 Å². The van der Waals surface area contributed by atoms with Crippen LogP contribution in [0, 0.1) is 0 Å². The van der Waals surface area contributed by atoms with Gasteiger partial charge in [0.1, 0.15) is 6.04 Å². The molecule has 0 radical (unpaired) electrons. The topological polar surface area (TPSA) is 60.9 Å². The molecule has 1 saturated heterocycles. The molecule has 1 rings (SSSR count). The number of aliphatic hydroxyl groups excluding tert-OH is 1. The molecule has 5 heteroatoms. The lowest BCUT2D eigenvalue weighted by Crippen LogP contribution is -2.45. The number of carbonyl (C=O) groups is 2. The maximum Gasteiger partial charge on any atom is 0.244 e. The normalized spacial score (nSPS) is 21.4. The fourth-order valence-corrected chi connectivity index (χ4v) is 2.10. The number of carbonyl (C=O) groups excluding carboxylic acids is 2. The average Bonchev–Trinajstić information content (AvgIpc) is 2.73. The van der Waals surface area contributed by atoms with Crippen molar-refractivity contribution < 1.29 is 14.7 Å². The summed E-state index contributed by atoms with van der Waals surface area (Å²) in [6.07, 6.45) is 1.93. The standard InChI is InChI=1S/C12H22N2O3/c1-9(15)6-7-11(16)14-8-4-5-10(14)12(17)13(2)3/h9-10,15H,4-8H2,1-3H3. The Morgan fingerprint density at radius 2 is 2.12 bits per heavy atom. The van der Waals surface area contributed by atoms with E-state index in [1.807, 2.05) is 0 Å². The van der Waals surface area contributed by atoms with Gasteiger partial charge in [-0.25, -0.2) is 0 Å². The first-order valence-corrected chi connectivity index (χ1v) is 6.12. The molecule has 1 aliphatic heterocycles. The fourth-order valence-electron chi connectivity index (χ4n) is 2.10. The predicted molar refractivity (Wildman–Crippen MR) is 64.3 cm³/mol. The van der Waals surface area contributed by atoms with E-state index in [4.69, 9.17) is 5.11 Å². The van der Waals surface area contributed by atoms with Crippen LogP contribution in [0.4, 0.5) is 0 Å². The van der Waals surface area contributed by atoms with Crippen molar-refractivity contribution in [3.8, 4) is 0 Å². The molecule has 5 nitrogen and oxygen atoms in total. The number of hydrogen-bond donors (Lipinski definition) is 1. The Bertz CT molecular complexity index is 289. The molecule has 2 amide bonds. The van der Waals surface area contributed by atoms with Crippen LogP contribution in [0.25, 0.3) is 0 Å². The molecular weight excluding hydrogens is 220 g/mol. The Kier molecular flexibility index (Phi) is 4.93. The Labute approximate surface area is 102 Å². The second kappa shape index (κ2) is 6.00. The largest absolute Gasteiger partial charge is 0.393 e. The van der Waals surface area contributed by atoms with Crippen LogP contribution in [0.5, 0.6) is 0 Å². The van der Waals surface area contributed by atoms with Gasteiger partial charge in [-0.1, -0.05) is 0 Å². The van der Waals surface area contributed by atoms with E-state index in [1.165, 1.54) is 4.90 Å². The van der Waals surface area contributed by atoms with E-state index in [2.05, 4.69) is 0 Å². The maximum absolute atomic E-state index is 11.9. The summed E-state index contributed by atoms with van der Waals surface area (Å²) in [5.74, 6) is -0.0310. The van der Waals surface area contributed by atoms with Gasteiger partial charge in [0.2, 0.25) is 11.8 Å². The number of likely N-dealkylation sites (N-methyl/N-ethyl adjacent to an activating group) is 1. The van der Waals surface area contributed by atoms with Crippen molar-refractivity contribution in [3.05, 3.63) is 0 Å². The zero-order chi connectivity index (χ0) is 13.0. The lowest BCUT2D eigenvalue weighted by atomic mass is 10.1. The van der Waals surface area contributed by atoms with Crippen molar-refractivity contribution in [2.75, 3.05) is 20.6 Å². The van der Waals surface area contributed by atoms with E-state index in [1.54, 1.807) is 25.9 Å². The molecule has 2 atom stereocenters. The van der Waals surface area contributed by atoms with Gasteiger partial charge in [0.15, 0.2) is 0 Å². The van der Waals surface area contributed by atoms with Crippen LogP contribution >= 0.6 is 0 Å². The number of likely N-dealkylation sites (tertiary alicyclic amines) is 1. The van der Waals surface area contributed by atoms with Gasteiger partial charge in [0.05, 0.1) is 6.10 Å². The van der Waals surface area contributed by atoms with Gasteiger partial charge in [-0.3, -0.25) is 9.59 Å². The minimum atomic E-state index is -0.468. The molecule has 0 saturated carbocycles. The first-order chi connectivity index (χ1) is 7.93. The number of aliphatic hydroxyl groups is 1. The molecule has 17 heavy (non-hydrogen) atoms. The summed E-state index contributed by atoms with van der Waals surface area (Å²) < 4.78 is 0. The van der Waals surface area contributed by atoms with Crippen molar-refractivity contribution in [2.24, 2.45) is 0 Å². The molecule has 1 aliphatic rings. The fraction of sp³-hybridized carbons (Fsp3) is 0.833. The van der Waals surface area contributed by atoms with Crippen molar-refractivity contribution in [3.63, 3.8) is 0 Å². The summed E-state index contributed by atoms with van der Waals surface area (Å²) in [6, 6.07) is -0.300. The first-order valence-electron chi connectivity index (χ1n) is 6.12. The summed E-state index contributed by atoms with van der Waals surface area (Å²) in [4.78, 5) is 27.0. The molecule has 0 aromatic heterocycles. The van der Waals surface area contributed by atoms with E-state index in [0.29, 0.717) is 19.4 Å². The smallest absolute Gasteiger partial charge is 0.244 e. The van der Waals surface area contributed by atoms with Crippen LogP contribution in [0.15, 0.2) is 0 Å². The van der Waals surface area contributed by atoms with Gasteiger partial charge in [-0.15, -0.1) is 0 Å². The van der Waals surface area contributed by atoms with Gasteiger partial charge < -0.3 is 14.9 Å². The van der Waals surface area contributed by atoms with Crippen LogP contribution in [-0.2, 0) is 9.59 Å². The van der Waals surface area contributed by atoms with Crippen molar-refractivity contribution >= 4 is 11.8 Å². The monoisotopic (exact) mass is 242 g/mol. The highest BCUT2D eigenvalue weighted by molar-refractivity contribution is 5.88. The van der Waals surface area contributed by atoms with E-state index < -0.39 is 6.10 Å². The molecule has 1 heterocycles. The summed E-state index contributed by atoms with van der Waals surface area (Å²) in [5, 5.41) is 9.16. The highest BCUT2D eigenvalue weighted by Gasteiger charge is 2.34. The first kappa shape index (κ1) is 14.0. The molecule has 1 N–H and O–H groups in total. The highest BCUT2D eigenvalue weighted by Crippen LogP contribution is 2.20. The predicted octanol–water partition coefficient (Wildman–Crippen LogP) is 0.227. The SMILES string of the molecule is CC(O)CCC(=O)N1CCCC1C(=O)N(C)C. The third-order valence-corrected chi connectivity index (χ3v) is 3.07. The lowest BCUT2D eigenvalue weighted by Gasteiger charge is -2.26. The summed E-state index contributed by atoms with van der Waals surface area (Å²) in [5.41, 5.74) is 0. The second-order valence-corrected chi connectivity index (χ2v) is 4.87. The van der Waals surface area contributed by atoms with E-state index in [-0.39, 0.29) is 17.9 Å². The number of hydrogen-bond acceptors (Lipinski definition) is 3. The minimum Gasteiger partial charge on any atom is -0.393 e. The van der Waals surface area contributed by atoms with Crippen LogP contribution in [0.3, 0.4) is 0 Å². The molecular formula is C12H22N2O3. The third kappa shape index (κ3) is 3.70. The molecule has 2 unspecified atom stereocenters. The lowest BCUT2D eigenvalue weighted by molar-refractivity contribution is -0.142. The summed E-state index contributed by atoms with van der Waals surface area (Å²) >= 11 is 0. The molecule has 0 aromatic carbocycles. The Balaban J connectivity index is 2.57. The molecule has 0 spiro atoms. The van der Waals surface area contributed by atoms with Gasteiger partial charge in [-0.05, 0) is 26.2 Å². The number of amides is 2. The zero-order valence-electron chi connectivity index (χ0n) is 10.8. The number of nitrogens with zero attached hydrogens (tertiary/aromatic N) is 2. The minimum absolute atomic E-state index is 0.00658. The average molecular weight is 242 g/mol. The number of rotatable bonds is 4. The molecule has 1 fully saturated rings. The van der Waals surface area contributed by atoms with E-state index in [9.17, 15) is 9.59 Å². The Hall–Kier alpha value is -1.10. The molecule has 0 aromatic rings. The molecule has 98 valence electrons. The Morgan fingerprint density at radius 3 is 2.65 bits per heavy atom. The second-order valence-electron chi connectivity index (χ2n) is 4.87. The van der Waals surface area contributed by atoms with Crippen molar-refractivity contribution in [1.29, 1.82) is 0 Å². The van der Waals surface area contributed by atoms with Gasteiger partial charge >= 0.3 is 0 Å². The van der Waals surface area contributed by atoms with E-state index >= 15 is 0 Å². The van der Waals surface area contributed by atoms with Gasteiger partial charge in [0.25, 0.3) is 0 Å². The quantitative estimate of drug-likeness (QED) is 0.767. The summed E-state index contributed by atoms with van der Waals surface area (Å²) in [6.45, 7) is 2.32. The van der Waals surface area contributed by atoms with Crippen LogP contribution in [-0.4, -0.2) is 59.5 Å². The maximum atomic E-state index is 11.9. The van der Waals surface area contributed by atoms with Crippen LogP contribution < -0.4 is 0 Å². The van der Waals surface area contributed by atoms with Crippen molar-refractivity contribution in [2.45, 2.75) is 44.8 Å². The van der Waals surface area contributed by atoms with Gasteiger partial charge in [0, 0.05) is 27.1 Å².